The number of aromatic nitrogens is 3. The predicted octanol–water partition coefficient (Wildman–Crippen LogP) is 1.80. The second kappa shape index (κ2) is 5.11. The Morgan fingerprint density at radius 1 is 1.19 bits per heavy atom. The van der Waals surface area contributed by atoms with E-state index in [4.69, 9.17) is 0 Å². The first kappa shape index (κ1) is 12.8. The number of nitrogens with zero attached hydrogens (tertiary/aromatic N) is 3. The van der Waals surface area contributed by atoms with Crippen LogP contribution in [0.5, 0.6) is 0 Å². The first-order valence-electron chi connectivity index (χ1n) is 7.47. The van der Waals surface area contributed by atoms with Crippen molar-refractivity contribution in [1.29, 1.82) is 0 Å². The van der Waals surface area contributed by atoms with Gasteiger partial charge in [0.15, 0.2) is 5.82 Å². The summed E-state index contributed by atoms with van der Waals surface area (Å²) in [5.41, 5.74) is 0.855. The first-order valence-corrected chi connectivity index (χ1v) is 7.47. The molecule has 3 heterocycles. The molecule has 21 heavy (non-hydrogen) atoms. The van der Waals surface area contributed by atoms with Gasteiger partial charge >= 0.3 is 0 Å². The molecule has 0 amide bonds. The number of hydrogen-bond donors (Lipinski definition) is 2. The molecule has 2 atom stereocenters. The van der Waals surface area contributed by atoms with Gasteiger partial charge < -0.3 is 10.2 Å². The van der Waals surface area contributed by atoms with Crippen molar-refractivity contribution in [2.24, 2.45) is 5.92 Å². The lowest BCUT2D eigenvalue weighted by atomic mass is 9.92. The molecule has 2 fully saturated rings. The number of nitrogens with one attached hydrogen (secondary N) is 2. The van der Waals surface area contributed by atoms with Crippen LogP contribution in [0.15, 0.2) is 24.3 Å². The summed E-state index contributed by atoms with van der Waals surface area (Å²) in [4.78, 5) is 6.91. The smallest absolute Gasteiger partial charge is 0.245 e. The van der Waals surface area contributed by atoms with Crippen molar-refractivity contribution in [2.45, 2.75) is 18.9 Å². The third-order valence-electron chi connectivity index (χ3n) is 4.53. The van der Waals surface area contributed by atoms with Crippen LogP contribution in [0.4, 0.5) is 10.3 Å². The van der Waals surface area contributed by atoms with Gasteiger partial charge in [0.2, 0.25) is 5.95 Å². The second-order valence-corrected chi connectivity index (χ2v) is 5.81. The van der Waals surface area contributed by atoms with E-state index in [1.165, 1.54) is 25.0 Å². The summed E-state index contributed by atoms with van der Waals surface area (Å²) >= 11 is 0. The summed E-state index contributed by atoms with van der Waals surface area (Å²) < 4.78 is 13.0. The zero-order valence-electron chi connectivity index (χ0n) is 11.7. The van der Waals surface area contributed by atoms with E-state index in [2.05, 4.69) is 25.4 Å². The maximum Gasteiger partial charge on any atom is 0.245 e. The summed E-state index contributed by atoms with van der Waals surface area (Å²) in [6.45, 7) is 3.10. The van der Waals surface area contributed by atoms with E-state index in [1.807, 2.05) is 0 Å². The molecular weight excluding hydrogens is 269 g/mol. The van der Waals surface area contributed by atoms with E-state index < -0.39 is 0 Å². The lowest BCUT2D eigenvalue weighted by molar-refractivity contribution is 0.381. The Kier molecular flexibility index (Phi) is 3.11. The van der Waals surface area contributed by atoms with Gasteiger partial charge in [-0.3, -0.25) is 5.10 Å². The Balaban J connectivity index is 1.60. The highest BCUT2D eigenvalue weighted by Crippen LogP contribution is 2.29. The third kappa shape index (κ3) is 2.29. The highest BCUT2D eigenvalue weighted by Gasteiger charge is 2.36. The van der Waals surface area contributed by atoms with Gasteiger partial charge in [-0.1, -0.05) is 0 Å². The minimum Gasteiger partial charge on any atom is -0.335 e. The molecule has 2 saturated heterocycles. The largest absolute Gasteiger partial charge is 0.335 e. The molecule has 0 bridgehead atoms. The zero-order chi connectivity index (χ0) is 14.2. The Bertz CT molecular complexity index is 623. The minimum atomic E-state index is -0.241. The van der Waals surface area contributed by atoms with Crippen molar-refractivity contribution in [3.8, 4) is 11.4 Å². The van der Waals surface area contributed by atoms with Gasteiger partial charge in [-0.25, -0.2) is 4.39 Å². The molecule has 0 spiro atoms. The van der Waals surface area contributed by atoms with Gasteiger partial charge in [0.05, 0.1) is 0 Å². The quantitative estimate of drug-likeness (QED) is 0.884. The second-order valence-electron chi connectivity index (χ2n) is 5.81. The molecule has 0 saturated carbocycles. The molecule has 1 aromatic carbocycles. The molecule has 2 aromatic rings. The maximum atomic E-state index is 13.0. The van der Waals surface area contributed by atoms with Crippen LogP contribution in [0.3, 0.4) is 0 Å². The highest BCUT2D eigenvalue weighted by molar-refractivity contribution is 5.56. The van der Waals surface area contributed by atoms with Crippen molar-refractivity contribution in [2.75, 3.05) is 24.5 Å². The van der Waals surface area contributed by atoms with Crippen molar-refractivity contribution in [3.05, 3.63) is 30.1 Å². The number of piperidine rings is 1. The third-order valence-corrected chi connectivity index (χ3v) is 4.53. The molecule has 0 aliphatic carbocycles. The molecule has 1 aromatic heterocycles. The molecule has 0 radical (unpaired) electrons. The van der Waals surface area contributed by atoms with Crippen LogP contribution >= 0.6 is 0 Å². The molecule has 2 aliphatic heterocycles. The van der Waals surface area contributed by atoms with Gasteiger partial charge in [0.25, 0.3) is 0 Å². The lowest BCUT2D eigenvalue weighted by Crippen LogP contribution is -2.45. The van der Waals surface area contributed by atoms with E-state index >= 15 is 0 Å². The Labute approximate surface area is 122 Å². The van der Waals surface area contributed by atoms with Crippen LogP contribution in [-0.4, -0.2) is 40.9 Å². The van der Waals surface area contributed by atoms with E-state index in [0.29, 0.717) is 17.8 Å². The van der Waals surface area contributed by atoms with E-state index in [9.17, 15) is 4.39 Å². The first-order chi connectivity index (χ1) is 10.3. The van der Waals surface area contributed by atoms with Gasteiger partial charge in [-0.2, -0.15) is 4.98 Å². The fraction of sp³-hybridized carbons (Fsp3) is 0.467. The Morgan fingerprint density at radius 2 is 2.05 bits per heavy atom. The summed E-state index contributed by atoms with van der Waals surface area (Å²) in [7, 11) is 0. The predicted molar refractivity (Wildman–Crippen MR) is 78.5 cm³/mol. The molecule has 5 nitrogen and oxygen atoms in total. The van der Waals surface area contributed by atoms with Gasteiger partial charge in [0.1, 0.15) is 5.82 Å². The molecule has 6 heteroatoms. The Hall–Kier alpha value is -1.95. The van der Waals surface area contributed by atoms with Crippen LogP contribution in [-0.2, 0) is 0 Å². The number of fused-ring (bicyclic) bond motifs is 1. The van der Waals surface area contributed by atoms with Crippen molar-refractivity contribution >= 4 is 5.95 Å². The molecule has 110 valence electrons. The van der Waals surface area contributed by atoms with Crippen LogP contribution in [0.1, 0.15) is 12.8 Å². The average Bonchev–Trinajstić information content (AvgIpc) is 3.16. The lowest BCUT2D eigenvalue weighted by Gasteiger charge is -2.36. The Morgan fingerprint density at radius 3 is 2.90 bits per heavy atom. The molecule has 2 unspecified atom stereocenters. The number of anilines is 1. The maximum absolute atomic E-state index is 13.0. The van der Waals surface area contributed by atoms with E-state index in [-0.39, 0.29) is 5.82 Å². The van der Waals surface area contributed by atoms with Gasteiger partial charge in [-0.05, 0) is 43.0 Å². The number of benzene rings is 1. The van der Waals surface area contributed by atoms with Crippen molar-refractivity contribution < 1.29 is 4.39 Å². The van der Waals surface area contributed by atoms with Crippen molar-refractivity contribution in [3.63, 3.8) is 0 Å². The monoisotopic (exact) mass is 287 g/mol. The van der Waals surface area contributed by atoms with Crippen LogP contribution in [0, 0.1) is 11.7 Å². The van der Waals surface area contributed by atoms with E-state index in [1.54, 1.807) is 12.1 Å². The fourth-order valence-corrected chi connectivity index (χ4v) is 3.43. The topological polar surface area (TPSA) is 56.8 Å². The number of halogens is 1. The summed E-state index contributed by atoms with van der Waals surface area (Å²) in [6.07, 6.45) is 2.46. The fourth-order valence-electron chi connectivity index (χ4n) is 3.43. The van der Waals surface area contributed by atoms with Crippen molar-refractivity contribution in [1.82, 2.24) is 20.5 Å². The number of hydrogen-bond acceptors (Lipinski definition) is 4. The zero-order valence-corrected chi connectivity index (χ0v) is 11.7. The number of H-pyrrole nitrogens is 1. The van der Waals surface area contributed by atoms with Gasteiger partial charge in [-0.15, -0.1) is 5.10 Å². The SMILES string of the molecule is Fc1ccc(-c2nc(N3CCCC4CNCC43)n[nH]2)cc1. The average molecular weight is 287 g/mol. The molecule has 4 rings (SSSR count). The molecule has 2 aliphatic rings. The number of aromatic amines is 1. The molecule has 2 N–H and O–H groups in total. The summed E-state index contributed by atoms with van der Waals surface area (Å²) in [5.74, 6) is 1.91. The minimum absolute atomic E-state index is 0.241. The van der Waals surface area contributed by atoms with Crippen LogP contribution in [0.25, 0.3) is 11.4 Å². The highest BCUT2D eigenvalue weighted by atomic mass is 19.1. The standard InChI is InChI=1S/C15H18FN5/c16-12-5-3-10(4-6-12)14-18-15(20-19-14)21-7-1-2-11-8-17-9-13(11)21/h3-6,11,13,17H,1-2,7-9H2,(H,18,19,20). The summed E-state index contributed by atoms with van der Waals surface area (Å²) in [6, 6.07) is 6.81. The van der Waals surface area contributed by atoms with E-state index in [0.717, 1.165) is 31.1 Å². The normalized spacial score (nSPS) is 25.1. The molecular formula is C15H18FN5. The van der Waals surface area contributed by atoms with Crippen LogP contribution in [0.2, 0.25) is 0 Å². The van der Waals surface area contributed by atoms with Crippen LogP contribution < -0.4 is 10.2 Å². The van der Waals surface area contributed by atoms with Gasteiger partial charge in [0, 0.05) is 31.2 Å². The summed E-state index contributed by atoms with van der Waals surface area (Å²) in [5, 5.41) is 10.8. The number of rotatable bonds is 2.